The molecule has 6 rings (SSSR count). The molecule has 6 N–H and O–H groups in total. The number of carbonyl (C=O) groups is 3. The molecular weight excluding hydrogens is 1030 g/mol. The smallest absolute Gasteiger partial charge is 0.407 e. The number of anilines is 2. The number of benzene rings is 1. The van der Waals surface area contributed by atoms with E-state index in [0.29, 0.717) is 138 Å². The Kier molecular flexibility index (Phi) is 20.5. The molecule has 0 bridgehead atoms. The van der Waals surface area contributed by atoms with Crippen LogP contribution in [-0.4, -0.2) is 166 Å². The minimum atomic E-state index is -2.12. The number of aromatic nitrogens is 4. The predicted molar refractivity (Wildman–Crippen MR) is 252 cm³/mol. The van der Waals surface area contributed by atoms with Crippen molar-refractivity contribution < 1.29 is 61.6 Å². The summed E-state index contributed by atoms with van der Waals surface area (Å²) in [5.41, 5.74) is 3.31. The number of nitrogens with one attached hydrogen (secondary N) is 4. The van der Waals surface area contributed by atoms with Crippen LogP contribution >= 0.6 is 31.9 Å². The zero-order valence-electron chi connectivity index (χ0n) is 37.2. The Morgan fingerprint density at radius 1 is 1.04 bits per heavy atom. The molecule has 2 aromatic heterocycles. The van der Waals surface area contributed by atoms with Gasteiger partial charge in [0, 0.05) is 63.8 Å². The third-order valence-corrected chi connectivity index (χ3v) is 14.1. The van der Waals surface area contributed by atoms with Gasteiger partial charge in [-0.3, -0.25) is 9.00 Å². The molecule has 1 saturated heterocycles. The maximum Gasteiger partial charge on any atom is 0.407 e. The Morgan fingerprint density at radius 2 is 1.78 bits per heavy atom. The van der Waals surface area contributed by atoms with E-state index in [4.69, 9.17) is 33.9 Å². The highest BCUT2D eigenvalue weighted by atomic mass is 79.9. The number of quaternary nitrogens is 1. The topological polar surface area (TPSA) is 272 Å². The van der Waals surface area contributed by atoms with Crippen molar-refractivity contribution in [3.63, 3.8) is 0 Å². The van der Waals surface area contributed by atoms with Crippen LogP contribution in [-0.2, 0) is 30.1 Å². The maximum atomic E-state index is 12.3. The minimum absolute atomic E-state index is 0.0417. The van der Waals surface area contributed by atoms with Crippen molar-refractivity contribution in [2.75, 3.05) is 108 Å². The lowest BCUT2D eigenvalue weighted by atomic mass is 10.1. The second-order valence-electron chi connectivity index (χ2n) is 16.6. The van der Waals surface area contributed by atoms with Crippen LogP contribution < -0.4 is 35.3 Å². The Bertz CT molecular complexity index is 2190. The van der Waals surface area contributed by atoms with Gasteiger partial charge in [-0.1, -0.05) is 11.1 Å². The van der Waals surface area contributed by atoms with Gasteiger partial charge in [-0.15, -0.1) is 17.3 Å². The maximum absolute atomic E-state index is 12.3. The number of aromatic amines is 1. The molecular formula is C43H59Br2N9O12S. The zero-order chi connectivity index (χ0) is 47.6. The number of hydroxylamine groups is 1. The SMILES string of the molecule is O=C[C@H](CCC(=O)O)NOc1c[nH]c2cc(Br)c(OCCOc3nc(NCCOCCNC(=O)OCC4[C@H]5CCC#CCC[C@@H]45)nc(N4CC[N+](CCCO)(CCCS(=O)[O-])CC4)n3)c(Br)c12. The first kappa shape index (κ1) is 52.0. The quantitative estimate of drug-likeness (QED) is 0.0145. The van der Waals surface area contributed by atoms with Crippen molar-refractivity contribution in [3.05, 3.63) is 21.2 Å². The van der Waals surface area contributed by atoms with Crippen LogP contribution in [0.15, 0.2) is 21.2 Å². The van der Waals surface area contributed by atoms with E-state index in [1.165, 1.54) is 0 Å². The summed E-state index contributed by atoms with van der Waals surface area (Å²) in [6.07, 6.45) is 6.67. The lowest BCUT2D eigenvalue weighted by Crippen LogP contribution is -2.61. The first-order chi connectivity index (χ1) is 32.5. The molecule has 2 fully saturated rings. The van der Waals surface area contributed by atoms with Gasteiger partial charge in [0.05, 0.1) is 85.0 Å². The van der Waals surface area contributed by atoms with Gasteiger partial charge in [0.2, 0.25) is 11.9 Å². The standard InChI is InChI=1S/C43H59Br2N9O12S/c44-33-25-34-37(35(26-48-34)66-52-29(27-56)9-10-36(57)58)38(45)39(33)63-22-23-64-42-50-40(49-41(51-42)53-13-17-54(18-14-53,15-5-19-55)16-6-24-67(60)61)46-11-20-62-21-12-47-43(59)65-28-32-30-7-3-1-2-4-8-31(30)32/h25-27,29-32,48,52,55H,3-24,28H2,(H3-,46,47,49,50,51,57,58,59,60,61)/t29-,30-,31+,32?/m0/s1. The van der Waals surface area contributed by atoms with Crippen molar-refractivity contribution >= 4 is 84.1 Å². The van der Waals surface area contributed by atoms with Gasteiger partial charge in [-0.05, 0) is 74.9 Å². The number of rotatable bonds is 29. The number of amides is 1. The largest absolute Gasteiger partial charge is 0.772 e. The molecule has 1 aromatic carbocycles. The first-order valence-corrected chi connectivity index (χ1v) is 25.4. The number of carboxylic acid groups (broad SMARTS) is 1. The Labute approximate surface area is 408 Å². The lowest BCUT2D eigenvalue weighted by molar-refractivity contribution is -0.928. The molecule has 1 aliphatic heterocycles. The number of carboxylic acids is 1. The molecule has 2 unspecified atom stereocenters. The van der Waals surface area contributed by atoms with E-state index in [1.54, 1.807) is 12.3 Å². The fraction of sp³-hybridized carbons (Fsp3) is 0.628. The molecule has 3 heterocycles. The molecule has 21 nitrogen and oxygen atoms in total. The summed E-state index contributed by atoms with van der Waals surface area (Å²) in [7, 11) is 0. The van der Waals surface area contributed by atoms with E-state index < -0.39 is 29.2 Å². The number of aliphatic hydroxyl groups excluding tert-OH is 1. The van der Waals surface area contributed by atoms with Crippen LogP contribution in [0.5, 0.6) is 17.5 Å². The Hall–Kier alpha value is -4.35. The van der Waals surface area contributed by atoms with E-state index in [0.717, 1.165) is 32.2 Å². The number of alkyl carbamates (subject to hydrolysis) is 1. The lowest BCUT2D eigenvalue weighted by Gasteiger charge is -2.45. The predicted octanol–water partition coefficient (Wildman–Crippen LogP) is 3.53. The summed E-state index contributed by atoms with van der Waals surface area (Å²) in [5, 5.41) is 25.2. The summed E-state index contributed by atoms with van der Waals surface area (Å²) < 4.78 is 47.8. The molecule has 1 saturated carbocycles. The molecule has 3 aromatic rings. The summed E-state index contributed by atoms with van der Waals surface area (Å²) in [6.45, 7) is 5.77. The first-order valence-electron chi connectivity index (χ1n) is 22.5. The van der Waals surface area contributed by atoms with E-state index in [-0.39, 0.29) is 57.0 Å². The summed E-state index contributed by atoms with van der Waals surface area (Å²) in [5.74, 6) is 8.53. The average molecular weight is 1090 g/mol. The molecule has 24 heteroatoms. The number of piperazine rings is 1. The number of ether oxygens (including phenoxy) is 4. The number of aldehydes is 1. The minimum Gasteiger partial charge on any atom is -0.772 e. The monoisotopic (exact) mass is 1080 g/mol. The highest BCUT2D eigenvalue weighted by molar-refractivity contribution is 9.11. The van der Waals surface area contributed by atoms with Gasteiger partial charge in [0.25, 0.3) is 0 Å². The highest BCUT2D eigenvalue weighted by Crippen LogP contribution is 2.52. The van der Waals surface area contributed by atoms with Crippen molar-refractivity contribution in [2.45, 2.75) is 57.4 Å². The third-order valence-electron chi connectivity index (χ3n) is 12.1. The van der Waals surface area contributed by atoms with Crippen LogP contribution in [0.25, 0.3) is 10.9 Å². The van der Waals surface area contributed by atoms with Gasteiger partial charge in [-0.2, -0.15) is 15.0 Å². The van der Waals surface area contributed by atoms with Gasteiger partial charge in [0.15, 0.2) is 5.75 Å². The molecule has 0 spiro atoms. The second-order valence-corrected chi connectivity index (χ2v) is 19.2. The van der Waals surface area contributed by atoms with Gasteiger partial charge >= 0.3 is 18.1 Å². The van der Waals surface area contributed by atoms with E-state index >= 15 is 0 Å². The van der Waals surface area contributed by atoms with E-state index in [2.05, 4.69) is 74.8 Å². The van der Waals surface area contributed by atoms with Crippen LogP contribution in [0.2, 0.25) is 0 Å². The normalized spacial score (nSPS) is 19.4. The van der Waals surface area contributed by atoms with E-state index in [1.807, 2.05) is 4.90 Å². The van der Waals surface area contributed by atoms with Gasteiger partial charge < -0.3 is 68.3 Å². The Morgan fingerprint density at radius 3 is 2.49 bits per heavy atom. The molecule has 0 radical (unpaired) electrons. The summed E-state index contributed by atoms with van der Waals surface area (Å²) in [4.78, 5) is 59.5. The number of aliphatic hydroxyl groups is 1. The van der Waals surface area contributed by atoms with Gasteiger partial charge in [0.1, 0.15) is 25.2 Å². The van der Waals surface area contributed by atoms with Crippen molar-refractivity contribution in [1.82, 2.24) is 30.7 Å². The number of nitrogens with zero attached hydrogens (tertiary/aromatic N) is 5. The molecule has 1 amide bonds. The number of carbonyl (C=O) groups excluding carboxylic acids is 2. The number of fused-ring (bicyclic) bond motifs is 2. The third kappa shape index (κ3) is 15.8. The van der Waals surface area contributed by atoms with Crippen LogP contribution in [0.4, 0.5) is 16.7 Å². The van der Waals surface area contributed by atoms with Crippen molar-refractivity contribution in [3.8, 4) is 29.4 Å². The fourth-order valence-corrected chi connectivity index (χ4v) is 10.4. The summed E-state index contributed by atoms with van der Waals surface area (Å²) in [6, 6.07) is 1.02. The van der Waals surface area contributed by atoms with Crippen LogP contribution in [0.3, 0.4) is 0 Å². The average Bonchev–Trinajstić information content (AvgIpc) is 3.77. The molecule has 2 aliphatic carbocycles. The van der Waals surface area contributed by atoms with E-state index in [9.17, 15) is 28.3 Å². The van der Waals surface area contributed by atoms with Crippen LogP contribution in [0, 0.1) is 29.6 Å². The summed E-state index contributed by atoms with van der Waals surface area (Å²) >= 11 is 5.06. The molecule has 3 aliphatic rings. The molecule has 368 valence electrons. The highest BCUT2D eigenvalue weighted by Gasteiger charge is 2.49. The van der Waals surface area contributed by atoms with Crippen molar-refractivity contribution in [2.24, 2.45) is 17.8 Å². The van der Waals surface area contributed by atoms with Gasteiger partial charge in [-0.25, -0.2) is 4.79 Å². The number of hydrogen-bond donors (Lipinski definition) is 6. The van der Waals surface area contributed by atoms with Crippen molar-refractivity contribution in [1.29, 1.82) is 0 Å². The van der Waals surface area contributed by atoms with Crippen LogP contribution in [0.1, 0.15) is 51.4 Å². The molecule has 67 heavy (non-hydrogen) atoms. The number of aliphatic carboxylic acids is 1. The zero-order valence-corrected chi connectivity index (χ0v) is 41.2. The Balaban J connectivity index is 1.02. The number of halogens is 2. The number of H-pyrrole nitrogens is 1. The molecule has 5 atom stereocenters. The fourth-order valence-electron chi connectivity index (χ4n) is 8.50. The number of hydrogen-bond acceptors (Lipinski definition) is 17. The second kappa shape index (κ2) is 26.4.